The van der Waals surface area contributed by atoms with E-state index in [0.717, 1.165) is 25.1 Å². The van der Waals surface area contributed by atoms with Gasteiger partial charge in [0, 0.05) is 18.7 Å². The molecule has 2 aromatic rings. The highest BCUT2D eigenvalue weighted by molar-refractivity contribution is 5.92. The second-order valence-electron chi connectivity index (χ2n) is 4.28. The molecule has 0 fully saturated rings. The molecule has 8 nitrogen and oxygen atoms in total. The number of hydrogen-bond donors (Lipinski definition) is 1. The Bertz CT molecular complexity index is 680. The summed E-state index contributed by atoms with van der Waals surface area (Å²) < 4.78 is 7.15. The van der Waals surface area contributed by atoms with Crippen LogP contribution in [0.25, 0.3) is 0 Å². The van der Waals surface area contributed by atoms with Crippen molar-refractivity contribution in [1.82, 2.24) is 9.78 Å². The van der Waals surface area contributed by atoms with Crippen LogP contribution in [-0.2, 0) is 6.54 Å². The Labute approximate surface area is 119 Å². The number of nitro groups is 1. The molecule has 0 aliphatic rings. The first-order valence-electron chi connectivity index (χ1n) is 6.23. The van der Waals surface area contributed by atoms with E-state index in [-0.39, 0.29) is 5.75 Å². The summed E-state index contributed by atoms with van der Waals surface area (Å²) in [4.78, 5) is 21.1. The highest BCUT2D eigenvalue weighted by Gasteiger charge is 2.20. The molecule has 0 aliphatic heterocycles. The summed E-state index contributed by atoms with van der Waals surface area (Å²) in [6.07, 6.45) is 4.09. The third kappa shape index (κ3) is 3.35. The molecule has 0 radical (unpaired) electrons. The largest absolute Gasteiger partial charge is 0.477 e. The van der Waals surface area contributed by atoms with Crippen molar-refractivity contribution in [2.45, 2.75) is 19.9 Å². The van der Waals surface area contributed by atoms with E-state index in [9.17, 15) is 14.9 Å². The minimum absolute atomic E-state index is 0.203. The van der Waals surface area contributed by atoms with E-state index >= 15 is 0 Å². The fourth-order valence-corrected chi connectivity index (χ4v) is 1.79. The Balaban J connectivity index is 2.25. The van der Waals surface area contributed by atoms with Crippen molar-refractivity contribution < 1.29 is 19.6 Å². The van der Waals surface area contributed by atoms with Crippen LogP contribution >= 0.6 is 0 Å². The number of aromatic nitrogens is 2. The molecule has 2 rings (SSSR count). The number of nitro benzene ring substituents is 1. The summed E-state index contributed by atoms with van der Waals surface area (Å²) in [5, 5.41) is 23.8. The maximum Gasteiger partial charge on any atom is 0.342 e. The molecule has 21 heavy (non-hydrogen) atoms. The van der Waals surface area contributed by atoms with Crippen LogP contribution in [0.1, 0.15) is 23.7 Å². The standard InChI is InChI=1S/C13H13N3O5/c1-2-5-15-8-10(7-14-15)21-9-3-4-12(16(19)20)11(6-9)13(17)18/h3-4,6-8H,2,5H2,1H3,(H,17,18). The number of rotatable bonds is 6. The lowest BCUT2D eigenvalue weighted by atomic mass is 10.1. The van der Waals surface area contributed by atoms with Gasteiger partial charge in [0.15, 0.2) is 5.75 Å². The van der Waals surface area contributed by atoms with Crippen LogP contribution in [0.5, 0.6) is 11.5 Å². The van der Waals surface area contributed by atoms with Crippen molar-refractivity contribution in [3.63, 3.8) is 0 Å². The highest BCUT2D eigenvalue weighted by Crippen LogP contribution is 2.27. The Kier molecular flexibility index (Phi) is 4.17. The van der Waals surface area contributed by atoms with Crippen molar-refractivity contribution in [3.8, 4) is 11.5 Å². The van der Waals surface area contributed by atoms with E-state index in [1.54, 1.807) is 10.9 Å². The second kappa shape index (κ2) is 6.04. The minimum Gasteiger partial charge on any atom is -0.477 e. The molecule has 8 heteroatoms. The fourth-order valence-electron chi connectivity index (χ4n) is 1.79. The number of hydrogen-bond acceptors (Lipinski definition) is 5. The van der Waals surface area contributed by atoms with E-state index in [1.807, 2.05) is 6.92 Å². The van der Waals surface area contributed by atoms with Gasteiger partial charge in [0.25, 0.3) is 5.69 Å². The van der Waals surface area contributed by atoms with Gasteiger partial charge in [-0.3, -0.25) is 14.8 Å². The van der Waals surface area contributed by atoms with Crippen LogP contribution in [0, 0.1) is 10.1 Å². The maximum absolute atomic E-state index is 11.0. The first-order chi connectivity index (χ1) is 10.0. The van der Waals surface area contributed by atoms with Crippen LogP contribution in [0.2, 0.25) is 0 Å². The lowest BCUT2D eigenvalue weighted by molar-refractivity contribution is -0.385. The summed E-state index contributed by atoms with van der Waals surface area (Å²) in [7, 11) is 0. The average molecular weight is 291 g/mol. The van der Waals surface area contributed by atoms with Gasteiger partial charge in [0.1, 0.15) is 11.3 Å². The van der Waals surface area contributed by atoms with E-state index < -0.39 is 22.1 Å². The monoisotopic (exact) mass is 291 g/mol. The smallest absolute Gasteiger partial charge is 0.342 e. The number of ether oxygens (including phenoxy) is 1. The van der Waals surface area contributed by atoms with Crippen molar-refractivity contribution in [1.29, 1.82) is 0 Å². The second-order valence-corrected chi connectivity index (χ2v) is 4.28. The van der Waals surface area contributed by atoms with Crippen molar-refractivity contribution in [3.05, 3.63) is 46.3 Å². The van der Waals surface area contributed by atoms with Gasteiger partial charge in [-0.1, -0.05) is 6.92 Å². The third-order valence-electron chi connectivity index (χ3n) is 2.69. The number of aromatic carboxylic acids is 1. The Hall–Kier alpha value is -2.90. The van der Waals surface area contributed by atoms with Crippen LogP contribution in [0.4, 0.5) is 5.69 Å². The minimum atomic E-state index is -1.38. The SMILES string of the molecule is CCCn1cc(Oc2ccc([N+](=O)[O-])c(C(=O)O)c2)cn1. The molecule has 0 aliphatic carbocycles. The number of benzene rings is 1. The highest BCUT2D eigenvalue weighted by atomic mass is 16.6. The van der Waals surface area contributed by atoms with E-state index in [1.165, 1.54) is 12.3 Å². The van der Waals surface area contributed by atoms with E-state index in [4.69, 9.17) is 9.84 Å². The van der Waals surface area contributed by atoms with Gasteiger partial charge >= 0.3 is 5.97 Å². The first-order valence-corrected chi connectivity index (χ1v) is 6.23. The van der Waals surface area contributed by atoms with Gasteiger partial charge in [-0.05, 0) is 12.5 Å². The molecular formula is C13H13N3O5. The van der Waals surface area contributed by atoms with Crippen LogP contribution < -0.4 is 4.74 Å². The lowest BCUT2D eigenvalue weighted by Crippen LogP contribution is -2.02. The van der Waals surface area contributed by atoms with Gasteiger partial charge in [-0.25, -0.2) is 4.79 Å². The summed E-state index contributed by atoms with van der Waals surface area (Å²) in [5.74, 6) is -0.739. The maximum atomic E-state index is 11.0. The number of carboxylic acid groups (broad SMARTS) is 1. The fraction of sp³-hybridized carbons (Fsp3) is 0.231. The molecule has 1 aromatic carbocycles. The van der Waals surface area contributed by atoms with Crippen molar-refractivity contribution >= 4 is 11.7 Å². The third-order valence-corrected chi connectivity index (χ3v) is 2.69. The lowest BCUT2D eigenvalue weighted by Gasteiger charge is -2.04. The van der Waals surface area contributed by atoms with Gasteiger partial charge in [-0.2, -0.15) is 5.10 Å². The van der Waals surface area contributed by atoms with Crippen LogP contribution in [0.3, 0.4) is 0 Å². The molecule has 0 atom stereocenters. The van der Waals surface area contributed by atoms with Gasteiger partial charge in [0.05, 0.1) is 17.3 Å². The number of aryl methyl sites for hydroxylation is 1. The summed E-state index contributed by atoms with van der Waals surface area (Å²) in [6.45, 7) is 2.75. The average Bonchev–Trinajstić information content (AvgIpc) is 2.86. The zero-order valence-corrected chi connectivity index (χ0v) is 11.2. The molecule has 1 N–H and O–H groups in total. The molecule has 0 amide bonds. The summed E-state index contributed by atoms with van der Waals surface area (Å²) in [5.41, 5.74) is -0.894. The first kappa shape index (κ1) is 14.5. The van der Waals surface area contributed by atoms with E-state index in [2.05, 4.69) is 5.10 Å². The van der Waals surface area contributed by atoms with Crippen LogP contribution in [0.15, 0.2) is 30.6 Å². The molecule has 0 bridgehead atoms. The molecule has 1 heterocycles. The zero-order chi connectivity index (χ0) is 15.4. The van der Waals surface area contributed by atoms with Gasteiger partial charge in [0.2, 0.25) is 0 Å². The quantitative estimate of drug-likeness (QED) is 0.647. The molecular weight excluding hydrogens is 278 g/mol. The summed E-state index contributed by atoms with van der Waals surface area (Å²) in [6, 6.07) is 3.58. The van der Waals surface area contributed by atoms with Crippen molar-refractivity contribution in [2.75, 3.05) is 0 Å². The summed E-state index contributed by atoms with van der Waals surface area (Å²) >= 11 is 0. The Morgan fingerprint density at radius 3 is 2.86 bits per heavy atom. The number of carbonyl (C=O) groups is 1. The molecule has 1 aromatic heterocycles. The zero-order valence-electron chi connectivity index (χ0n) is 11.2. The predicted octanol–water partition coefficient (Wildman–Crippen LogP) is 2.69. The van der Waals surface area contributed by atoms with E-state index in [0.29, 0.717) is 5.75 Å². The van der Waals surface area contributed by atoms with Crippen molar-refractivity contribution in [2.24, 2.45) is 0 Å². The Morgan fingerprint density at radius 1 is 1.48 bits per heavy atom. The predicted molar refractivity (Wildman–Crippen MR) is 72.6 cm³/mol. The van der Waals surface area contributed by atoms with Gasteiger partial charge in [-0.15, -0.1) is 0 Å². The molecule has 0 unspecified atom stereocenters. The Morgan fingerprint density at radius 2 is 2.24 bits per heavy atom. The molecule has 0 saturated carbocycles. The number of nitrogens with zero attached hydrogens (tertiary/aromatic N) is 3. The number of carboxylic acids is 1. The van der Waals surface area contributed by atoms with Crippen LogP contribution in [-0.4, -0.2) is 25.8 Å². The molecule has 0 saturated heterocycles. The molecule has 110 valence electrons. The molecule has 0 spiro atoms. The van der Waals surface area contributed by atoms with Gasteiger partial charge < -0.3 is 9.84 Å². The topological polar surface area (TPSA) is 107 Å². The normalized spacial score (nSPS) is 10.3.